The van der Waals surface area contributed by atoms with E-state index >= 15 is 0 Å². The molecule has 0 saturated carbocycles. The SMILES string of the molecule is CN1CCN(C(=O)c2ccccc2C(=O)Nc2ccc3nc(SCc4ccc(Br)cc4)sc3c2)CC1. The molecule has 3 aromatic carbocycles. The lowest BCUT2D eigenvalue weighted by molar-refractivity contribution is 0.0660. The molecule has 0 atom stereocenters. The van der Waals surface area contributed by atoms with Crippen LogP contribution in [0.3, 0.4) is 0 Å². The smallest absolute Gasteiger partial charge is 0.256 e. The first-order chi connectivity index (χ1) is 17.5. The monoisotopic (exact) mass is 580 g/mol. The Hall–Kier alpha value is -2.72. The van der Waals surface area contributed by atoms with E-state index in [1.165, 1.54) is 5.56 Å². The second-order valence-electron chi connectivity index (χ2n) is 8.67. The minimum atomic E-state index is -0.290. The Morgan fingerprint density at radius 1 is 1.00 bits per heavy atom. The molecule has 184 valence electrons. The number of rotatable bonds is 6. The maximum absolute atomic E-state index is 13.2. The molecule has 36 heavy (non-hydrogen) atoms. The van der Waals surface area contributed by atoms with Crippen LogP contribution in [-0.2, 0) is 5.75 Å². The van der Waals surface area contributed by atoms with Gasteiger partial charge in [-0.3, -0.25) is 9.59 Å². The lowest BCUT2D eigenvalue weighted by atomic mass is 10.0. The maximum Gasteiger partial charge on any atom is 0.256 e. The average Bonchev–Trinajstić information content (AvgIpc) is 3.30. The summed E-state index contributed by atoms with van der Waals surface area (Å²) in [5.74, 6) is 0.454. The van der Waals surface area contributed by atoms with E-state index in [2.05, 4.69) is 38.3 Å². The van der Waals surface area contributed by atoms with Crippen LogP contribution in [0.1, 0.15) is 26.3 Å². The maximum atomic E-state index is 13.2. The number of halogens is 1. The molecule has 5 rings (SSSR count). The van der Waals surface area contributed by atoms with Gasteiger partial charge in [-0.25, -0.2) is 4.98 Å². The number of thiazole rings is 1. The van der Waals surface area contributed by atoms with E-state index in [1.54, 1.807) is 47.4 Å². The molecule has 2 amide bonds. The van der Waals surface area contributed by atoms with E-state index in [0.29, 0.717) is 29.9 Å². The molecular weight excluding hydrogens is 556 g/mol. The third-order valence-electron chi connectivity index (χ3n) is 6.09. The number of piperazine rings is 1. The number of aromatic nitrogens is 1. The van der Waals surface area contributed by atoms with Crippen LogP contribution in [0.15, 0.2) is 75.5 Å². The van der Waals surface area contributed by atoms with Crippen molar-refractivity contribution in [2.45, 2.75) is 10.1 Å². The Morgan fingerprint density at radius 3 is 2.47 bits per heavy atom. The molecule has 4 aromatic rings. The second-order valence-corrected chi connectivity index (χ2v) is 11.8. The topological polar surface area (TPSA) is 65.5 Å². The molecule has 2 heterocycles. The molecular formula is C27H25BrN4O2S2. The van der Waals surface area contributed by atoms with Crippen LogP contribution < -0.4 is 5.32 Å². The predicted molar refractivity (Wildman–Crippen MR) is 151 cm³/mol. The lowest BCUT2D eigenvalue weighted by Crippen LogP contribution is -2.47. The first-order valence-corrected chi connectivity index (χ1v) is 14.2. The number of fused-ring (bicyclic) bond motifs is 1. The van der Waals surface area contributed by atoms with Crippen molar-refractivity contribution in [2.75, 3.05) is 38.5 Å². The highest BCUT2D eigenvalue weighted by molar-refractivity contribution is 9.10. The molecule has 1 N–H and O–H groups in total. The van der Waals surface area contributed by atoms with Gasteiger partial charge in [-0.1, -0.05) is 52.0 Å². The summed E-state index contributed by atoms with van der Waals surface area (Å²) in [4.78, 5) is 35.1. The molecule has 6 nitrogen and oxygen atoms in total. The van der Waals surface area contributed by atoms with Crippen molar-refractivity contribution in [2.24, 2.45) is 0 Å². The van der Waals surface area contributed by atoms with Crippen LogP contribution in [0.5, 0.6) is 0 Å². The van der Waals surface area contributed by atoms with Crippen molar-refractivity contribution < 1.29 is 9.59 Å². The fourth-order valence-corrected chi connectivity index (χ4v) is 6.34. The number of hydrogen-bond acceptors (Lipinski definition) is 6. The molecule has 0 aliphatic carbocycles. The normalized spacial score (nSPS) is 14.2. The summed E-state index contributed by atoms with van der Waals surface area (Å²) in [6.45, 7) is 2.99. The van der Waals surface area contributed by atoms with E-state index in [0.717, 1.165) is 37.9 Å². The van der Waals surface area contributed by atoms with Crippen LogP contribution in [0, 0.1) is 0 Å². The average molecular weight is 582 g/mol. The van der Waals surface area contributed by atoms with Gasteiger partial charge >= 0.3 is 0 Å². The van der Waals surface area contributed by atoms with Gasteiger partial charge < -0.3 is 15.1 Å². The summed E-state index contributed by atoms with van der Waals surface area (Å²) in [5, 5.41) is 2.98. The summed E-state index contributed by atoms with van der Waals surface area (Å²) in [6.07, 6.45) is 0. The largest absolute Gasteiger partial charge is 0.336 e. The number of carbonyl (C=O) groups excluding carboxylic acids is 2. The van der Waals surface area contributed by atoms with Crippen LogP contribution in [0.25, 0.3) is 10.2 Å². The van der Waals surface area contributed by atoms with Crippen LogP contribution >= 0.6 is 39.0 Å². The summed E-state index contributed by atoms with van der Waals surface area (Å²) in [6, 6.07) is 21.0. The molecule has 1 aromatic heterocycles. The Morgan fingerprint density at radius 2 is 1.72 bits per heavy atom. The number of hydrogen-bond donors (Lipinski definition) is 1. The quantitative estimate of drug-likeness (QED) is 0.284. The van der Waals surface area contributed by atoms with Gasteiger partial charge in [0.2, 0.25) is 0 Å². The van der Waals surface area contributed by atoms with E-state index in [1.807, 2.05) is 42.3 Å². The Balaban J connectivity index is 1.28. The van der Waals surface area contributed by atoms with E-state index in [9.17, 15) is 9.59 Å². The molecule has 0 radical (unpaired) electrons. The van der Waals surface area contributed by atoms with Gasteiger partial charge in [-0.15, -0.1) is 11.3 Å². The van der Waals surface area contributed by atoms with Gasteiger partial charge in [0.05, 0.1) is 21.3 Å². The van der Waals surface area contributed by atoms with E-state index in [-0.39, 0.29) is 11.8 Å². The van der Waals surface area contributed by atoms with E-state index < -0.39 is 0 Å². The third kappa shape index (κ3) is 5.81. The number of carbonyl (C=O) groups is 2. The Labute approximate surface area is 226 Å². The van der Waals surface area contributed by atoms with Crippen molar-refractivity contribution in [3.8, 4) is 0 Å². The Kier molecular flexibility index (Phi) is 7.71. The summed E-state index contributed by atoms with van der Waals surface area (Å²) < 4.78 is 3.06. The number of thioether (sulfide) groups is 1. The van der Waals surface area contributed by atoms with Gasteiger partial charge in [0.15, 0.2) is 4.34 Å². The first-order valence-electron chi connectivity index (χ1n) is 11.6. The van der Waals surface area contributed by atoms with Gasteiger partial charge in [0.25, 0.3) is 11.8 Å². The standard InChI is InChI=1S/C27H25BrN4O2S2/c1-31-12-14-32(15-13-31)26(34)22-5-3-2-4-21(22)25(33)29-20-10-11-23-24(16-20)36-27(30-23)35-17-18-6-8-19(28)9-7-18/h2-11,16H,12-15,17H2,1H3,(H,29,33). The van der Waals surface area contributed by atoms with Crippen molar-refractivity contribution >= 4 is 66.7 Å². The first kappa shape index (κ1) is 25.0. The van der Waals surface area contributed by atoms with Crippen molar-refractivity contribution in [1.29, 1.82) is 0 Å². The van der Waals surface area contributed by atoms with Crippen LogP contribution in [0.4, 0.5) is 5.69 Å². The zero-order valence-electron chi connectivity index (χ0n) is 19.7. The van der Waals surface area contributed by atoms with Crippen molar-refractivity contribution in [3.05, 3.63) is 87.9 Å². The Bertz CT molecular complexity index is 1400. The van der Waals surface area contributed by atoms with Gasteiger partial charge in [-0.2, -0.15) is 0 Å². The predicted octanol–water partition coefficient (Wildman–Crippen LogP) is 5.99. The van der Waals surface area contributed by atoms with Gasteiger partial charge in [-0.05, 0) is 55.1 Å². The second kappa shape index (κ2) is 11.1. The fraction of sp³-hybridized carbons (Fsp3) is 0.222. The van der Waals surface area contributed by atoms with Crippen LogP contribution in [0.2, 0.25) is 0 Å². The minimum Gasteiger partial charge on any atom is -0.336 e. The van der Waals surface area contributed by atoms with Gasteiger partial charge in [0.1, 0.15) is 0 Å². The molecule has 1 fully saturated rings. The fourth-order valence-electron chi connectivity index (χ4n) is 4.01. The summed E-state index contributed by atoms with van der Waals surface area (Å²) in [7, 11) is 2.05. The summed E-state index contributed by atoms with van der Waals surface area (Å²) >= 11 is 6.78. The van der Waals surface area contributed by atoms with Crippen molar-refractivity contribution in [3.63, 3.8) is 0 Å². The highest BCUT2D eigenvalue weighted by Gasteiger charge is 2.24. The molecule has 9 heteroatoms. The highest BCUT2D eigenvalue weighted by Crippen LogP contribution is 2.33. The molecule has 1 aliphatic heterocycles. The van der Waals surface area contributed by atoms with Gasteiger partial charge in [0, 0.05) is 42.1 Å². The minimum absolute atomic E-state index is 0.0980. The molecule has 0 spiro atoms. The van der Waals surface area contributed by atoms with Crippen LogP contribution in [-0.4, -0.2) is 59.8 Å². The van der Waals surface area contributed by atoms with E-state index in [4.69, 9.17) is 4.98 Å². The lowest BCUT2D eigenvalue weighted by Gasteiger charge is -2.32. The number of nitrogens with zero attached hydrogens (tertiary/aromatic N) is 3. The number of benzene rings is 3. The zero-order chi connectivity index (χ0) is 25.1. The molecule has 0 unspecified atom stereocenters. The number of nitrogens with one attached hydrogen (secondary N) is 1. The molecule has 0 bridgehead atoms. The molecule has 1 saturated heterocycles. The number of anilines is 1. The number of amides is 2. The highest BCUT2D eigenvalue weighted by atomic mass is 79.9. The zero-order valence-corrected chi connectivity index (χ0v) is 23.0. The van der Waals surface area contributed by atoms with Crippen molar-refractivity contribution in [1.82, 2.24) is 14.8 Å². The molecule has 1 aliphatic rings. The number of likely N-dealkylation sites (N-methyl/N-ethyl adjacent to an activating group) is 1. The summed E-state index contributed by atoms with van der Waals surface area (Å²) in [5.41, 5.74) is 3.64. The third-order valence-corrected chi connectivity index (χ3v) is 8.86.